The van der Waals surface area contributed by atoms with Crippen LogP contribution < -0.4 is 29.6 Å². The van der Waals surface area contributed by atoms with Crippen molar-refractivity contribution in [2.45, 2.75) is 0 Å². The van der Waals surface area contributed by atoms with E-state index in [-0.39, 0.29) is 29.6 Å². The van der Waals surface area contributed by atoms with Crippen molar-refractivity contribution < 1.29 is 29.6 Å². The third kappa shape index (κ3) is 6390. The summed E-state index contributed by atoms with van der Waals surface area (Å²) in [6.45, 7) is 30.0. The normalized spacial score (nSPS) is 1.82. The molecule has 11 heavy (non-hydrogen) atoms. The summed E-state index contributed by atoms with van der Waals surface area (Å²) in [6, 6.07) is 0. The van der Waals surface area contributed by atoms with Gasteiger partial charge in [-0.05, 0) is 0 Å². The smallest absolute Gasteiger partial charge is 0.106 e. The van der Waals surface area contributed by atoms with Crippen LogP contribution >= 0.6 is 0 Å². The van der Waals surface area contributed by atoms with Crippen molar-refractivity contribution >= 4 is 0 Å². The van der Waals surface area contributed by atoms with Crippen molar-refractivity contribution in [3.8, 4) is 0 Å². The van der Waals surface area contributed by atoms with Gasteiger partial charge >= 0.3 is 29.6 Å². The zero-order valence-electron chi connectivity index (χ0n) is 8.07. The summed E-state index contributed by atoms with van der Waals surface area (Å²) in [5.41, 5.74) is 0. The molecule has 0 aliphatic carbocycles. The first-order chi connectivity index (χ1) is 5.00. The van der Waals surface area contributed by atoms with Crippen molar-refractivity contribution in [2.75, 3.05) is 0 Å². The largest absolute Gasteiger partial charge is 1.00 e. The second kappa shape index (κ2) is 8160. The molecule has 0 heterocycles. The van der Waals surface area contributed by atoms with Crippen LogP contribution in [-0.4, -0.2) is 0 Å². The molecule has 0 N–H and O–H groups in total. The van der Waals surface area contributed by atoms with Crippen LogP contribution in [0.4, 0.5) is 0 Å². The Morgan fingerprint density at radius 1 is 0.273 bits per heavy atom. The molecule has 0 amide bonds. The van der Waals surface area contributed by atoms with Crippen LogP contribution in [0.3, 0.4) is 0 Å². The molecular weight excluding hydrogens is 143 g/mol. The van der Waals surface area contributed by atoms with Gasteiger partial charge in [0.1, 0.15) is 0 Å². The molecule has 0 unspecified atom stereocenters. The average molecular weight is 163 g/mol. The van der Waals surface area contributed by atoms with Crippen molar-refractivity contribution in [3.63, 3.8) is 0 Å². The molecule has 0 aliphatic heterocycles. The van der Waals surface area contributed by atoms with E-state index in [0.717, 1.165) is 0 Å². The van der Waals surface area contributed by atoms with E-state index in [2.05, 4.69) is 65.8 Å². The van der Waals surface area contributed by atoms with E-state index < -0.39 is 0 Å². The maximum Gasteiger partial charge on any atom is 1.00 e. The summed E-state index contributed by atoms with van der Waals surface area (Å²) in [5, 5.41) is 0. The number of hydrogen-bond donors (Lipinski definition) is 0. The molecule has 0 saturated carbocycles. The van der Waals surface area contributed by atoms with E-state index in [9.17, 15) is 0 Å². The fourth-order valence-electron chi connectivity index (χ4n) is 0. The second-order valence-corrected chi connectivity index (χ2v) is 0. The van der Waals surface area contributed by atoms with Crippen molar-refractivity contribution in [2.24, 2.45) is 0 Å². The molecule has 0 aromatic carbocycles. The molecular formula is C10H20Na+. The molecule has 0 aromatic rings. The van der Waals surface area contributed by atoms with Gasteiger partial charge in [-0.2, -0.15) is 0 Å². The van der Waals surface area contributed by atoms with E-state index in [1.54, 1.807) is 0 Å². The molecule has 1 heteroatoms. The van der Waals surface area contributed by atoms with Crippen LogP contribution in [0.15, 0.2) is 65.8 Å². The third-order valence-electron chi connectivity index (χ3n) is 0. The zero-order chi connectivity index (χ0) is 10.0. The summed E-state index contributed by atoms with van der Waals surface area (Å²) < 4.78 is 0. The molecule has 0 fully saturated rings. The Balaban J connectivity index is -0.00000000694. The van der Waals surface area contributed by atoms with Crippen molar-refractivity contribution in [3.05, 3.63) is 65.8 Å². The van der Waals surface area contributed by atoms with E-state index in [0.29, 0.717) is 0 Å². The summed E-state index contributed by atoms with van der Waals surface area (Å²) >= 11 is 0. The van der Waals surface area contributed by atoms with Gasteiger partial charge in [0, 0.05) is 0 Å². The van der Waals surface area contributed by atoms with Crippen LogP contribution in [-0.2, 0) is 0 Å². The average Bonchev–Trinajstić information content (AvgIpc) is 2.20. The Kier molecular flexibility index (Phi) is 33800. The third-order valence-corrected chi connectivity index (χ3v) is 0. The Morgan fingerprint density at radius 2 is 0.273 bits per heavy atom. The second-order valence-electron chi connectivity index (χ2n) is 0. The molecule has 0 saturated heterocycles. The first kappa shape index (κ1) is 45.6. The van der Waals surface area contributed by atoms with Crippen LogP contribution in [0, 0.1) is 0 Å². The van der Waals surface area contributed by atoms with Crippen molar-refractivity contribution in [1.29, 1.82) is 0 Å². The first-order valence-electron chi connectivity index (χ1n) is 2.50. The van der Waals surface area contributed by atoms with Gasteiger partial charge in [0.25, 0.3) is 0 Å². The SMILES string of the molecule is C=C.C=C.C=C.C=C.C=C.[Na+]. The molecule has 60 valence electrons. The molecule has 0 aromatic heterocycles. The van der Waals surface area contributed by atoms with Crippen LogP contribution in [0.2, 0.25) is 0 Å². The predicted octanol–water partition coefficient (Wildman–Crippen LogP) is 1.01. The maximum absolute atomic E-state index is 3.00. The molecule has 0 aliphatic rings. The fourth-order valence-corrected chi connectivity index (χ4v) is 0. The number of rotatable bonds is 0. The van der Waals surface area contributed by atoms with E-state index >= 15 is 0 Å². The minimum atomic E-state index is 0. The zero-order valence-corrected chi connectivity index (χ0v) is 10.1. The van der Waals surface area contributed by atoms with Crippen LogP contribution in [0.25, 0.3) is 0 Å². The van der Waals surface area contributed by atoms with Crippen molar-refractivity contribution in [1.82, 2.24) is 0 Å². The predicted molar refractivity (Wildman–Crippen MR) is 56.3 cm³/mol. The van der Waals surface area contributed by atoms with Gasteiger partial charge in [-0.3, -0.25) is 0 Å². The van der Waals surface area contributed by atoms with Gasteiger partial charge in [-0.15, -0.1) is 65.8 Å². The minimum absolute atomic E-state index is 0. The van der Waals surface area contributed by atoms with Gasteiger partial charge in [-0.1, -0.05) is 0 Å². The fraction of sp³-hybridized carbons (Fsp3) is 0. The van der Waals surface area contributed by atoms with Gasteiger partial charge in [0.15, 0.2) is 0 Å². The molecule has 0 rings (SSSR count). The topological polar surface area (TPSA) is 0 Å². The molecule has 0 atom stereocenters. The van der Waals surface area contributed by atoms with Gasteiger partial charge in [0.05, 0.1) is 0 Å². The molecule has 0 spiro atoms. The molecule has 0 radical (unpaired) electrons. The van der Waals surface area contributed by atoms with Crippen LogP contribution in [0.1, 0.15) is 0 Å². The Bertz CT molecular complexity index is 16.4. The summed E-state index contributed by atoms with van der Waals surface area (Å²) in [6.07, 6.45) is 0. The standard InChI is InChI=1S/5C2H4.Na/c5*1-2;/h5*1-2H2;/q;;;;;+1. The van der Waals surface area contributed by atoms with Gasteiger partial charge in [-0.25, -0.2) is 0 Å². The van der Waals surface area contributed by atoms with E-state index in [1.165, 1.54) is 0 Å². The molecule has 0 nitrogen and oxygen atoms in total. The van der Waals surface area contributed by atoms with E-state index in [4.69, 9.17) is 0 Å². The Labute approximate surface area is 95.0 Å². The van der Waals surface area contributed by atoms with Gasteiger partial charge < -0.3 is 0 Å². The monoisotopic (exact) mass is 163 g/mol. The Morgan fingerprint density at radius 3 is 0.273 bits per heavy atom. The quantitative estimate of drug-likeness (QED) is 0.369. The summed E-state index contributed by atoms with van der Waals surface area (Å²) in [5.74, 6) is 0. The first-order valence-corrected chi connectivity index (χ1v) is 2.50. The maximum atomic E-state index is 3.00. The number of hydrogen-bond acceptors (Lipinski definition) is 0. The van der Waals surface area contributed by atoms with E-state index in [1.807, 2.05) is 0 Å². The Hall–Kier alpha value is -0.300. The minimum Gasteiger partial charge on any atom is -0.106 e. The summed E-state index contributed by atoms with van der Waals surface area (Å²) in [4.78, 5) is 0. The van der Waals surface area contributed by atoms with Crippen LogP contribution in [0.5, 0.6) is 0 Å². The summed E-state index contributed by atoms with van der Waals surface area (Å²) in [7, 11) is 0. The van der Waals surface area contributed by atoms with Gasteiger partial charge in [0.2, 0.25) is 0 Å². The molecule has 0 bridgehead atoms.